The van der Waals surface area contributed by atoms with Crippen LogP contribution in [0.2, 0.25) is 0 Å². The second-order valence-electron chi connectivity index (χ2n) is 5.28. The zero-order chi connectivity index (χ0) is 17.9. The Labute approximate surface area is 146 Å². The fourth-order valence-corrected chi connectivity index (χ4v) is 2.22. The molecule has 0 aliphatic carbocycles. The average molecular weight is 345 g/mol. The molecule has 2 rings (SSSR count). The number of alkyl carbamates (subject to hydrolysis) is 1. The van der Waals surface area contributed by atoms with Crippen LogP contribution in [0.1, 0.15) is 19.8 Å². The summed E-state index contributed by atoms with van der Waals surface area (Å²) in [6.07, 6.45) is 2.12. The van der Waals surface area contributed by atoms with Gasteiger partial charge in [0.2, 0.25) is 5.91 Å². The minimum absolute atomic E-state index is 0.122. The summed E-state index contributed by atoms with van der Waals surface area (Å²) in [5.41, 5.74) is 0.832. The van der Waals surface area contributed by atoms with Crippen LogP contribution in [-0.4, -0.2) is 43.3 Å². The second kappa shape index (κ2) is 10.1. The van der Waals surface area contributed by atoms with E-state index in [0.29, 0.717) is 26.2 Å². The molecule has 0 unspecified atom stereocenters. The number of hydrogen-bond donors (Lipinski definition) is 2. The van der Waals surface area contributed by atoms with Gasteiger partial charge in [0, 0.05) is 31.1 Å². The van der Waals surface area contributed by atoms with E-state index in [2.05, 4.69) is 15.6 Å². The molecule has 0 saturated carbocycles. The van der Waals surface area contributed by atoms with Gasteiger partial charge < -0.3 is 20.1 Å². The van der Waals surface area contributed by atoms with Gasteiger partial charge in [-0.3, -0.25) is 9.78 Å². The van der Waals surface area contributed by atoms with E-state index < -0.39 is 6.09 Å². The van der Waals surface area contributed by atoms with Gasteiger partial charge in [-0.25, -0.2) is 4.79 Å². The van der Waals surface area contributed by atoms with Crippen molar-refractivity contribution in [3.63, 3.8) is 0 Å². The molecule has 0 bridgehead atoms. The molecule has 7 heteroatoms. The van der Waals surface area contributed by atoms with Gasteiger partial charge in [-0.1, -0.05) is 18.2 Å². The minimum atomic E-state index is -0.507. The first kappa shape index (κ1) is 18.5. The fraction of sp³-hybridized carbons (Fsp3) is 0.389. The van der Waals surface area contributed by atoms with E-state index in [9.17, 15) is 9.59 Å². The molecule has 0 aliphatic rings. The Balaban J connectivity index is 1.61. The number of ether oxygens (including phenoxy) is 2. The number of hydrogen-bond acceptors (Lipinski definition) is 5. The van der Waals surface area contributed by atoms with Crippen LogP contribution in [0.3, 0.4) is 0 Å². The molecule has 0 fully saturated rings. The number of pyridine rings is 1. The normalized spacial score (nSPS) is 10.3. The lowest BCUT2D eigenvalue weighted by Crippen LogP contribution is -2.31. The van der Waals surface area contributed by atoms with E-state index in [1.54, 1.807) is 13.1 Å². The number of carbonyl (C=O) groups excluding carboxylic acids is 2. The number of carbonyl (C=O) groups is 2. The molecular formula is C18H23N3O4. The van der Waals surface area contributed by atoms with E-state index in [-0.39, 0.29) is 18.9 Å². The zero-order valence-corrected chi connectivity index (χ0v) is 14.3. The Kier molecular flexibility index (Phi) is 7.49. The molecule has 1 aromatic heterocycles. The maximum absolute atomic E-state index is 11.6. The van der Waals surface area contributed by atoms with Gasteiger partial charge in [-0.2, -0.15) is 0 Å². The van der Waals surface area contributed by atoms with Crippen molar-refractivity contribution in [1.29, 1.82) is 0 Å². The molecule has 25 heavy (non-hydrogen) atoms. The molecule has 2 aromatic rings. The minimum Gasteiger partial charge on any atom is -0.491 e. The van der Waals surface area contributed by atoms with Crippen molar-refractivity contribution in [3.05, 3.63) is 36.5 Å². The summed E-state index contributed by atoms with van der Waals surface area (Å²) >= 11 is 0. The van der Waals surface area contributed by atoms with Crippen LogP contribution >= 0.6 is 0 Å². The number of benzene rings is 1. The highest BCUT2D eigenvalue weighted by Crippen LogP contribution is 2.22. The standard InChI is InChI=1S/C18H23N3O4/c1-2-24-18(23)21-12-9-16(22)19-11-5-13-25-15-8-3-6-14-7-4-10-20-17(14)15/h3-4,6-8,10H,2,5,9,11-13H2,1H3,(H,19,22)(H,21,23). The van der Waals surface area contributed by atoms with Crippen molar-refractivity contribution >= 4 is 22.9 Å². The number of fused-ring (bicyclic) bond motifs is 1. The first-order chi connectivity index (χ1) is 12.2. The van der Waals surface area contributed by atoms with Crippen LogP contribution in [-0.2, 0) is 9.53 Å². The molecule has 1 heterocycles. The molecule has 7 nitrogen and oxygen atoms in total. The third-order valence-electron chi connectivity index (χ3n) is 3.39. The predicted octanol–water partition coefficient (Wildman–Crippen LogP) is 2.26. The van der Waals surface area contributed by atoms with Crippen LogP contribution in [0.4, 0.5) is 4.79 Å². The van der Waals surface area contributed by atoms with Crippen LogP contribution in [0.15, 0.2) is 36.5 Å². The monoisotopic (exact) mass is 345 g/mol. The predicted molar refractivity (Wildman–Crippen MR) is 94.5 cm³/mol. The molecule has 1 aromatic carbocycles. The number of aromatic nitrogens is 1. The van der Waals surface area contributed by atoms with Gasteiger partial charge >= 0.3 is 6.09 Å². The highest BCUT2D eigenvalue weighted by atomic mass is 16.5. The van der Waals surface area contributed by atoms with E-state index in [0.717, 1.165) is 16.7 Å². The van der Waals surface area contributed by atoms with E-state index in [1.807, 2.05) is 30.3 Å². The zero-order valence-electron chi connectivity index (χ0n) is 14.3. The lowest BCUT2D eigenvalue weighted by Gasteiger charge is -2.09. The molecule has 134 valence electrons. The summed E-state index contributed by atoms with van der Waals surface area (Å²) in [5.74, 6) is 0.617. The summed E-state index contributed by atoms with van der Waals surface area (Å²) in [4.78, 5) is 27.0. The smallest absolute Gasteiger partial charge is 0.407 e. The Bertz CT molecular complexity index is 700. The highest BCUT2D eigenvalue weighted by Gasteiger charge is 2.05. The lowest BCUT2D eigenvalue weighted by atomic mass is 10.2. The SMILES string of the molecule is CCOC(=O)NCCC(=O)NCCCOc1cccc2cccnc12. The van der Waals surface area contributed by atoms with Crippen LogP contribution in [0, 0.1) is 0 Å². The molecule has 0 radical (unpaired) electrons. The maximum atomic E-state index is 11.6. The van der Waals surface area contributed by atoms with Gasteiger partial charge in [-0.05, 0) is 25.5 Å². The molecule has 0 atom stereocenters. The number of nitrogens with one attached hydrogen (secondary N) is 2. The van der Waals surface area contributed by atoms with Crippen molar-refractivity contribution in [2.75, 3.05) is 26.3 Å². The summed E-state index contributed by atoms with van der Waals surface area (Å²) in [6, 6.07) is 9.67. The largest absolute Gasteiger partial charge is 0.491 e. The lowest BCUT2D eigenvalue weighted by molar-refractivity contribution is -0.120. The van der Waals surface area contributed by atoms with Crippen molar-refractivity contribution in [3.8, 4) is 5.75 Å². The first-order valence-electron chi connectivity index (χ1n) is 8.34. The quantitative estimate of drug-likeness (QED) is 0.681. The van der Waals surface area contributed by atoms with E-state index in [4.69, 9.17) is 9.47 Å². The number of nitrogens with zero attached hydrogens (tertiary/aromatic N) is 1. The summed E-state index contributed by atoms with van der Waals surface area (Å²) in [6.45, 7) is 3.28. The van der Waals surface area contributed by atoms with E-state index in [1.165, 1.54) is 0 Å². The Morgan fingerprint density at radius 2 is 1.96 bits per heavy atom. The van der Waals surface area contributed by atoms with Gasteiger partial charge in [0.05, 0.1) is 13.2 Å². The summed E-state index contributed by atoms with van der Waals surface area (Å²) in [5, 5.41) is 6.32. The Hall–Kier alpha value is -2.83. The van der Waals surface area contributed by atoms with Crippen molar-refractivity contribution in [2.24, 2.45) is 0 Å². The summed E-state index contributed by atoms with van der Waals surface area (Å²) < 4.78 is 10.5. The van der Waals surface area contributed by atoms with Crippen molar-refractivity contribution in [1.82, 2.24) is 15.6 Å². The summed E-state index contributed by atoms with van der Waals surface area (Å²) in [7, 11) is 0. The first-order valence-corrected chi connectivity index (χ1v) is 8.34. The molecule has 2 amide bonds. The second-order valence-corrected chi connectivity index (χ2v) is 5.28. The Morgan fingerprint density at radius 3 is 2.80 bits per heavy atom. The molecular weight excluding hydrogens is 322 g/mol. The number of para-hydroxylation sites is 1. The topological polar surface area (TPSA) is 89.5 Å². The van der Waals surface area contributed by atoms with Crippen molar-refractivity contribution < 1.29 is 19.1 Å². The van der Waals surface area contributed by atoms with Gasteiger partial charge in [0.1, 0.15) is 11.3 Å². The molecule has 2 N–H and O–H groups in total. The highest BCUT2D eigenvalue weighted by molar-refractivity contribution is 5.84. The number of amides is 2. The number of rotatable bonds is 9. The maximum Gasteiger partial charge on any atom is 0.407 e. The molecule has 0 saturated heterocycles. The van der Waals surface area contributed by atoms with Gasteiger partial charge in [0.25, 0.3) is 0 Å². The van der Waals surface area contributed by atoms with Crippen LogP contribution < -0.4 is 15.4 Å². The third-order valence-corrected chi connectivity index (χ3v) is 3.39. The van der Waals surface area contributed by atoms with Crippen LogP contribution in [0.25, 0.3) is 10.9 Å². The van der Waals surface area contributed by atoms with Crippen LogP contribution in [0.5, 0.6) is 5.75 Å². The fourth-order valence-electron chi connectivity index (χ4n) is 2.22. The van der Waals surface area contributed by atoms with Gasteiger partial charge in [-0.15, -0.1) is 0 Å². The van der Waals surface area contributed by atoms with E-state index >= 15 is 0 Å². The Morgan fingerprint density at radius 1 is 1.12 bits per heavy atom. The van der Waals surface area contributed by atoms with Crippen molar-refractivity contribution in [2.45, 2.75) is 19.8 Å². The third kappa shape index (κ3) is 6.29. The average Bonchev–Trinajstić information content (AvgIpc) is 2.62. The van der Waals surface area contributed by atoms with Gasteiger partial charge in [0.15, 0.2) is 0 Å². The molecule has 0 aliphatic heterocycles. The molecule has 0 spiro atoms.